The van der Waals surface area contributed by atoms with Crippen LogP contribution >= 0.6 is 0 Å². The molecule has 0 aromatic heterocycles. The molecule has 3 N–H and O–H groups in total. The summed E-state index contributed by atoms with van der Waals surface area (Å²) in [6.45, 7) is 5.91. The van der Waals surface area contributed by atoms with Gasteiger partial charge in [-0.2, -0.15) is 0 Å². The fourth-order valence-electron chi connectivity index (χ4n) is 2.39. The molecule has 0 atom stereocenters. The molecule has 0 aliphatic heterocycles. The minimum atomic E-state index is -0.175. The predicted molar refractivity (Wildman–Crippen MR) is 90.3 cm³/mol. The number of nitrogens with two attached hydrogens (primary N) is 1. The number of ether oxygens (including phenoxy) is 1. The van der Waals surface area contributed by atoms with Crippen molar-refractivity contribution < 1.29 is 9.53 Å². The number of nitrogens with one attached hydrogen (secondary N) is 1. The smallest absolute Gasteiger partial charge is 0.262 e. The van der Waals surface area contributed by atoms with Crippen LogP contribution in [-0.2, 0) is 11.2 Å². The number of hydrogen-bond donors (Lipinski definition) is 2. The number of carbonyl (C=O) groups excluding carboxylic acids is 1. The molecule has 0 unspecified atom stereocenters. The largest absolute Gasteiger partial charge is 0.483 e. The average Bonchev–Trinajstić information content (AvgIpc) is 2.49. The van der Waals surface area contributed by atoms with E-state index in [0.29, 0.717) is 5.69 Å². The molecule has 0 spiro atoms. The highest BCUT2D eigenvalue weighted by Gasteiger charge is 2.11. The van der Waals surface area contributed by atoms with E-state index in [0.717, 1.165) is 34.5 Å². The van der Waals surface area contributed by atoms with E-state index >= 15 is 0 Å². The molecule has 1 amide bonds. The number of benzene rings is 2. The van der Waals surface area contributed by atoms with Crippen molar-refractivity contribution in [1.82, 2.24) is 0 Å². The number of anilines is 2. The van der Waals surface area contributed by atoms with Gasteiger partial charge in [0.15, 0.2) is 6.61 Å². The van der Waals surface area contributed by atoms with Crippen LogP contribution in [-0.4, -0.2) is 12.5 Å². The third-order valence-corrected chi connectivity index (χ3v) is 3.54. The van der Waals surface area contributed by atoms with Crippen molar-refractivity contribution in [1.29, 1.82) is 0 Å². The number of rotatable bonds is 5. The highest BCUT2D eigenvalue weighted by Crippen LogP contribution is 2.25. The molecule has 2 aromatic carbocycles. The van der Waals surface area contributed by atoms with Gasteiger partial charge in [0.05, 0.1) is 0 Å². The molecule has 0 fully saturated rings. The highest BCUT2D eigenvalue weighted by atomic mass is 16.5. The van der Waals surface area contributed by atoms with Gasteiger partial charge in [0.1, 0.15) is 5.75 Å². The van der Waals surface area contributed by atoms with Crippen molar-refractivity contribution in [3.05, 3.63) is 53.1 Å². The van der Waals surface area contributed by atoms with Gasteiger partial charge < -0.3 is 15.8 Å². The van der Waals surface area contributed by atoms with Gasteiger partial charge in [0, 0.05) is 11.4 Å². The van der Waals surface area contributed by atoms with Crippen LogP contribution in [0.2, 0.25) is 0 Å². The third-order valence-electron chi connectivity index (χ3n) is 3.54. The lowest BCUT2D eigenvalue weighted by atomic mass is 10.0. The second kappa shape index (κ2) is 6.98. The molecule has 0 aliphatic rings. The zero-order chi connectivity index (χ0) is 16.1. The van der Waals surface area contributed by atoms with Gasteiger partial charge in [-0.3, -0.25) is 4.79 Å². The highest BCUT2D eigenvalue weighted by molar-refractivity contribution is 5.93. The molecular weight excluding hydrogens is 276 g/mol. The molecular formula is C18H22N2O2. The standard InChI is InChI=1S/C18H22N2O2/c1-4-14-10-15(19)9-13(3)18(14)20-17(21)11-22-16-8-6-5-7-12(16)2/h5-10H,4,11,19H2,1-3H3,(H,20,21). The molecule has 0 bridgehead atoms. The predicted octanol–water partition coefficient (Wildman–Crippen LogP) is 3.47. The van der Waals surface area contributed by atoms with E-state index in [-0.39, 0.29) is 12.5 Å². The molecule has 2 rings (SSSR count). The SMILES string of the molecule is CCc1cc(N)cc(C)c1NC(=O)COc1ccccc1C. The molecule has 0 aliphatic carbocycles. The summed E-state index contributed by atoms with van der Waals surface area (Å²) < 4.78 is 5.57. The van der Waals surface area contributed by atoms with Crippen LogP contribution in [0.3, 0.4) is 0 Å². The lowest BCUT2D eigenvalue weighted by molar-refractivity contribution is -0.118. The second-order valence-corrected chi connectivity index (χ2v) is 5.33. The Morgan fingerprint density at radius 1 is 1.18 bits per heavy atom. The number of hydrogen-bond acceptors (Lipinski definition) is 3. The van der Waals surface area contributed by atoms with Crippen LogP contribution < -0.4 is 15.8 Å². The first-order chi connectivity index (χ1) is 10.5. The molecule has 4 heteroatoms. The van der Waals surface area contributed by atoms with Gasteiger partial charge in [0.25, 0.3) is 5.91 Å². The van der Waals surface area contributed by atoms with E-state index in [2.05, 4.69) is 5.32 Å². The van der Waals surface area contributed by atoms with Gasteiger partial charge in [0.2, 0.25) is 0 Å². The summed E-state index contributed by atoms with van der Waals surface area (Å²) in [5, 5.41) is 2.93. The maximum atomic E-state index is 12.1. The molecule has 22 heavy (non-hydrogen) atoms. The van der Waals surface area contributed by atoms with E-state index in [4.69, 9.17) is 10.5 Å². The van der Waals surface area contributed by atoms with Gasteiger partial charge in [-0.1, -0.05) is 25.1 Å². The molecule has 116 valence electrons. The van der Waals surface area contributed by atoms with Gasteiger partial charge in [-0.15, -0.1) is 0 Å². The number of amides is 1. The van der Waals surface area contributed by atoms with Gasteiger partial charge in [-0.25, -0.2) is 0 Å². The van der Waals surface area contributed by atoms with E-state index in [1.54, 1.807) is 0 Å². The summed E-state index contributed by atoms with van der Waals surface area (Å²) in [4.78, 5) is 12.1. The summed E-state index contributed by atoms with van der Waals surface area (Å²) in [6.07, 6.45) is 0.806. The number of nitrogen functional groups attached to an aromatic ring is 1. The average molecular weight is 298 g/mol. The van der Waals surface area contributed by atoms with E-state index in [9.17, 15) is 4.79 Å². The quantitative estimate of drug-likeness (QED) is 0.831. The fraction of sp³-hybridized carbons (Fsp3) is 0.278. The van der Waals surface area contributed by atoms with Crippen LogP contribution in [0, 0.1) is 13.8 Å². The monoisotopic (exact) mass is 298 g/mol. The first-order valence-electron chi connectivity index (χ1n) is 7.38. The van der Waals surface area contributed by atoms with Crippen LogP contribution in [0.25, 0.3) is 0 Å². The van der Waals surface area contributed by atoms with Gasteiger partial charge >= 0.3 is 0 Å². The summed E-state index contributed by atoms with van der Waals surface area (Å²) in [6, 6.07) is 11.4. The van der Waals surface area contributed by atoms with Crippen molar-refractivity contribution in [3.8, 4) is 5.75 Å². The van der Waals surface area contributed by atoms with Crippen LogP contribution in [0.15, 0.2) is 36.4 Å². The molecule has 0 radical (unpaired) electrons. The van der Waals surface area contributed by atoms with Crippen molar-refractivity contribution in [2.24, 2.45) is 0 Å². The Balaban J connectivity index is 2.05. The minimum Gasteiger partial charge on any atom is -0.483 e. The zero-order valence-electron chi connectivity index (χ0n) is 13.3. The third kappa shape index (κ3) is 3.79. The zero-order valence-corrected chi connectivity index (χ0v) is 13.3. The number of carbonyl (C=O) groups is 1. The maximum Gasteiger partial charge on any atom is 0.262 e. The Labute approximate surface area is 131 Å². The summed E-state index contributed by atoms with van der Waals surface area (Å²) in [7, 11) is 0. The Morgan fingerprint density at radius 2 is 1.91 bits per heavy atom. The molecule has 0 saturated carbocycles. The van der Waals surface area contributed by atoms with Crippen molar-refractivity contribution >= 4 is 17.3 Å². The Bertz CT molecular complexity index is 681. The molecule has 4 nitrogen and oxygen atoms in total. The van der Waals surface area contributed by atoms with Gasteiger partial charge in [-0.05, 0) is 55.2 Å². The summed E-state index contributed by atoms with van der Waals surface area (Å²) in [5.41, 5.74) is 10.4. The first-order valence-corrected chi connectivity index (χ1v) is 7.38. The lowest BCUT2D eigenvalue weighted by Gasteiger charge is -2.15. The molecule has 0 saturated heterocycles. The van der Waals surface area contributed by atoms with E-state index in [1.807, 2.05) is 57.2 Å². The fourth-order valence-corrected chi connectivity index (χ4v) is 2.39. The molecule has 0 heterocycles. The Morgan fingerprint density at radius 3 is 2.59 bits per heavy atom. The van der Waals surface area contributed by atoms with Crippen molar-refractivity contribution in [2.45, 2.75) is 27.2 Å². The minimum absolute atomic E-state index is 0.0160. The Kier molecular flexibility index (Phi) is 5.04. The summed E-state index contributed by atoms with van der Waals surface area (Å²) in [5.74, 6) is 0.549. The van der Waals surface area contributed by atoms with Crippen LogP contribution in [0.1, 0.15) is 23.6 Å². The van der Waals surface area contributed by atoms with Crippen molar-refractivity contribution in [2.75, 3.05) is 17.7 Å². The lowest BCUT2D eigenvalue weighted by Crippen LogP contribution is -2.21. The van der Waals surface area contributed by atoms with E-state index in [1.165, 1.54) is 0 Å². The molecule has 2 aromatic rings. The first kappa shape index (κ1) is 15.9. The second-order valence-electron chi connectivity index (χ2n) is 5.33. The topological polar surface area (TPSA) is 64.3 Å². The van der Waals surface area contributed by atoms with E-state index < -0.39 is 0 Å². The number of para-hydroxylation sites is 1. The number of aryl methyl sites for hydroxylation is 3. The van der Waals surface area contributed by atoms with Crippen LogP contribution in [0.4, 0.5) is 11.4 Å². The van der Waals surface area contributed by atoms with Crippen LogP contribution in [0.5, 0.6) is 5.75 Å². The Hall–Kier alpha value is -2.49. The van der Waals surface area contributed by atoms with Crippen molar-refractivity contribution in [3.63, 3.8) is 0 Å². The normalized spacial score (nSPS) is 10.3. The summed E-state index contributed by atoms with van der Waals surface area (Å²) >= 11 is 0. The maximum absolute atomic E-state index is 12.1.